The number of hydrogen-bond donors (Lipinski definition) is 3. The van der Waals surface area contributed by atoms with E-state index in [1.807, 2.05) is 33.8 Å². The van der Waals surface area contributed by atoms with Gasteiger partial charge in [0.25, 0.3) is 0 Å². The zero-order valence-electron chi connectivity index (χ0n) is 27.8. The van der Waals surface area contributed by atoms with Crippen molar-refractivity contribution in [3.63, 3.8) is 0 Å². The fourth-order valence-electron chi connectivity index (χ4n) is 5.74. The van der Waals surface area contributed by atoms with Gasteiger partial charge in [-0.25, -0.2) is 4.79 Å². The Morgan fingerprint density at radius 3 is 2.11 bits per heavy atom. The van der Waals surface area contributed by atoms with Gasteiger partial charge in [-0.3, -0.25) is 14.4 Å². The number of esters is 1. The molecule has 2 amide bonds. The third kappa shape index (κ3) is 7.69. The molecule has 0 radical (unpaired) electrons. The van der Waals surface area contributed by atoms with E-state index in [0.29, 0.717) is 54.1 Å². The molecule has 3 N–H and O–H groups in total. The summed E-state index contributed by atoms with van der Waals surface area (Å²) in [6, 6.07) is 4.72. The van der Waals surface area contributed by atoms with Crippen LogP contribution in [0.4, 0.5) is 5.69 Å². The molecule has 5 atom stereocenters. The van der Waals surface area contributed by atoms with Crippen LogP contribution in [0.25, 0.3) is 11.1 Å². The summed E-state index contributed by atoms with van der Waals surface area (Å²) < 4.78 is 22.1. The Balaban J connectivity index is 2.21. The lowest BCUT2D eigenvalue weighted by Crippen LogP contribution is -2.52. The minimum atomic E-state index is -0.829. The van der Waals surface area contributed by atoms with Gasteiger partial charge in [0.2, 0.25) is 23.0 Å². The van der Waals surface area contributed by atoms with Crippen LogP contribution in [0.3, 0.4) is 0 Å². The first-order chi connectivity index (χ1) is 21.4. The number of hydrogen-bond acceptors (Lipinski definition) is 9. The first kappa shape index (κ1) is 35.2. The maximum atomic E-state index is 13.9. The van der Waals surface area contributed by atoms with Crippen molar-refractivity contribution in [1.82, 2.24) is 10.6 Å². The largest absolute Gasteiger partial charge is 0.493 e. The molecule has 0 bridgehead atoms. The predicted octanol–water partition coefficient (Wildman–Crippen LogP) is 4.39. The Labute approximate surface area is 265 Å². The normalized spacial score (nSPS) is 16.3. The number of amides is 2. The summed E-state index contributed by atoms with van der Waals surface area (Å²) in [5, 5.41) is 9.04. The number of ether oxygens (including phenoxy) is 4. The lowest BCUT2D eigenvalue weighted by molar-refractivity contribution is -0.146. The zero-order valence-corrected chi connectivity index (χ0v) is 27.8. The molecule has 246 valence electrons. The Kier molecular flexibility index (Phi) is 12.2. The number of carbonyl (C=O) groups is 3. The van der Waals surface area contributed by atoms with E-state index in [9.17, 15) is 19.2 Å². The SMILES string of the molecule is CC[C@@H](C)[C@@H](Nc1ccc2c(cc1=O)[C@H](NC(C)=O)CCc1cc(OC)c(OC)c(OC)c1-2)C(=O)N[C@@H](C(=O)OC)[C@@H](C)CC. The van der Waals surface area contributed by atoms with E-state index in [2.05, 4.69) is 16.0 Å². The summed E-state index contributed by atoms with van der Waals surface area (Å²) in [4.78, 5) is 52.3. The molecule has 0 aliphatic heterocycles. The highest BCUT2D eigenvalue weighted by Crippen LogP contribution is 2.50. The molecule has 0 saturated heterocycles. The minimum Gasteiger partial charge on any atom is -0.493 e. The average Bonchev–Trinajstić information content (AvgIpc) is 3.28. The van der Waals surface area contributed by atoms with Gasteiger partial charge in [-0.2, -0.15) is 0 Å². The van der Waals surface area contributed by atoms with Crippen molar-refractivity contribution in [3.8, 4) is 28.4 Å². The first-order valence-electron chi connectivity index (χ1n) is 15.4. The van der Waals surface area contributed by atoms with Crippen LogP contribution < -0.4 is 35.6 Å². The summed E-state index contributed by atoms with van der Waals surface area (Å²) in [5.74, 6) is -0.152. The van der Waals surface area contributed by atoms with Gasteiger partial charge in [0.15, 0.2) is 11.5 Å². The third-order valence-electron chi connectivity index (χ3n) is 8.69. The van der Waals surface area contributed by atoms with Crippen molar-refractivity contribution < 1.29 is 33.3 Å². The van der Waals surface area contributed by atoms with Crippen LogP contribution in [0.1, 0.15) is 71.0 Å². The Bertz CT molecular complexity index is 1460. The number of anilines is 1. The second kappa shape index (κ2) is 15.6. The van der Waals surface area contributed by atoms with E-state index < -0.39 is 30.0 Å². The zero-order chi connectivity index (χ0) is 33.4. The number of fused-ring (bicyclic) bond motifs is 3. The number of methoxy groups -OCH3 is 4. The standard InChI is InChI=1S/C34H47N3O8/c1-10-18(3)29(33(40)37-30(19(4)11-2)34(41)45-9)36-25-15-13-22-23(17-26(25)39)24(35-20(5)38)14-12-21-16-27(42-6)31(43-7)32(44-8)28(21)22/h13,15-19,24,29-30H,10-12,14H2,1-9H3,(H,35,38)(H,36,39)(H,37,40)/t18-,19+,24-,29-,30-/m1/s1. The first-order valence-corrected chi connectivity index (χ1v) is 15.4. The van der Waals surface area contributed by atoms with Crippen LogP contribution in [-0.2, 0) is 25.5 Å². The number of aryl methyl sites for hydroxylation is 1. The predicted molar refractivity (Wildman–Crippen MR) is 173 cm³/mol. The van der Waals surface area contributed by atoms with E-state index in [1.165, 1.54) is 27.2 Å². The van der Waals surface area contributed by atoms with Gasteiger partial charge in [-0.05, 0) is 59.6 Å². The van der Waals surface area contributed by atoms with Gasteiger partial charge in [-0.1, -0.05) is 46.6 Å². The topological polar surface area (TPSA) is 141 Å². The molecular formula is C34H47N3O8. The lowest BCUT2D eigenvalue weighted by Gasteiger charge is -2.28. The summed E-state index contributed by atoms with van der Waals surface area (Å²) in [5.41, 5.74) is 2.76. The summed E-state index contributed by atoms with van der Waals surface area (Å²) in [6.45, 7) is 9.10. The quantitative estimate of drug-likeness (QED) is 0.276. The molecule has 0 unspecified atom stereocenters. The van der Waals surface area contributed by atoms with Crippen molar-refractivity contribution in [2.75, 3.05) is 33.8 Å². The van der Waals surface area contributed by atoms with E-state index in [1.54, 1.807) is 26.4 Å². The van der Waals surface area contributed by atoms with Crippen molar-refractivity contribution in [3.05, 3.63) is 45.6 Å². The molecule has 1 aliphatic rings. The van der Waals surface area contributed by atoms with E-state index >= 15 is 0 Å². The highest BCUT2D eigenvalue weighted by atomic mass is 16.5. The summed E-state index contributed by atoms with van der Waals surface area (Å²) >= 11 is 0. The number of rotatable bonds is 13. The molecule has 0 spiro atoms. The van der Waals surface area contributed by atoms with Crippen LogP contribution in [-0.4, -0.2) is 58.3 Å². The summed E-state index contributed by atoms with van der Waals surface area (Å²) in [7, 11) is 5.91. The molecule has 1 aliphatic carbocycles. The monoisotopic (exact) mass is 625 g/mol. The second-order valence-corrected chi connectivity index (χ2v) is 11.5. The summed E-state index contributed by atoms with van der Waals surface area (Å²) in [6.07, 6.45) is 2.39. The Morgan fingerprint density at radius 2 is 1.56 bits per heavy atom. The molecule has 11 nitrogen and oxygen atoms in total. The Hall–Kier alpha value is -4.28. The van der Waals surface area contributed by atoms with Gasteiger partial charge < -0.3 is 34.9 Å². The molecule has 0 fully saturated rings. The average molecular weight is 626 g/mol. The second-order valence-electron chi connectivity index (χ2n) is 11.5. The number of nitrogens with one attached hydrogen (secondary N) is 3. The van der Waals surface area contributed by atoms with Gasteiger partial charge in [0.05, 0.1) is 40.2 Å². The van der Waals surface area contributed by atoms with Crippen molar-refractivity contribution >= 4 is 23.5 Å². The van der Waals surface area contributed by atoms with Crippen LogP contribution in [0.15, 0.2) is 29.1 Å². The third-order valence-corrected chi connectivity index (χ3v) is 8.69. The molecule has 2 aromatic carbocycles. The molecule has 0 saturated carbocycles. The highest BCUT2D eigenvalue weighted by Gasteiger charge is 2.33. The van der Waals surface area contributed by atoms with Crippen molar-refractivity contribution in [2.45, 2.75) is 78.4 Å². The van der Waals surface area contributed by atoms with Gasteiger partial charge in [-0.15, -0.1) is 0 Å². The van der Waals surface area contributed by atoms with Gasteiger partial charge in [0.1, 0.15) is 12.1 Å². The molecule has 0 heterocycles. The highest BCUT2D eigenvalue weighted by molar-refractivity contribution is 5.90. The van der Waals surface area contributed by atoms with E-state index in [4.69, 9.17) is 18.9 Å². The van der Waals surface area contributed by atoms with E-state index in [0.717, 1.165) is 11.1 Å². The van der Waals surface area contributed by atoms with Gasteiger partial charge in [0, 0.05) is 12.5 Å². The van der Waals surface area contributed by atoms with Crippen LogP contribution in [0, 0.1) is 11.8 Å². The number of benzene rings is 1. The molecule has 45 heavy (non-hydrogen) atoms. The van der Waals surface area contributed by atoms with Crippen molar-refractivity contribution in [1.29, 1.82) is 0 Å². The fourth-order valence-corrected chi connectivity index (χ4v) is 5.74. The molecule has 3 rings (SSSR count). The maximum Gasteiger partial charge on any atom is 0.328 e. The van der Waals surface area contributed by atoms with Crippen LogP contribution in [0.2, 0.25) is 0 Å². The van der Waals surface area contributed by atoms with Crippen LogP contribution in [0.5, 0.6) is 17.2 Å². The number of carbonyl (C=O) groups excluding carboxylic acids is 3. The molecule has 0 aromatic heterocycles. The fraction of sp³-hybridized carbons (Fsp3) is 0.529. The van der Waals surface area contributed by atoms with Crippen LogP contribution >= 0.6 is 0 Å². The Morgan fingerprint density at radius 1 is 0.911 bits per heavy atom. The minimum absolute atomic E-state index is 0.157. The molecular weight excluding hydrogens is 578 g/mol. The van der Waals surface area contributed by atoms with Gasteiger partial charge >= 0.3 is 5.97 Å². The maximum absolute atomic E-state index is 13.9. The van der Waals surface area contributed by atoms with E-state index in [-0.39, 0.29) is 28.9 Å². The molecule has 2 aromatic rings. The molecule has 11 heteroatoms. The smallest absolute Gasteiger partial charge is 0.328 e. The van der Waals surface area contributed by atoms with Crippen molar-refractivity contribution in [2.24, 2.45) is 11.8 Å². The lowest BCUT2D eigenvalue weighted by atomic mass is 9.95.